The third-order valence-corrected chi connectivity index (χ3v) is 5.03. The Morgan fingerprint density at radius 2 is 1.88 bits per heavy atom. The summed E-state index contributed by atoms with van der Waals surface area (Å²) in [6.45, 7) is 1.96. The molecule has 6 heteroatoms. The first kappa shape index (κ1) is 16.7. The molecule has 0 N–H and O–H groups in total. The fraction of sp³-hybridized carbons (Fsp3) is 0.350. The van der Waals surface area contributed by atoms with Crippen molar-refractivity contribution in [2.75, 3.05) is 31.1 Å². The summed E-state index contributed by atoms with van der Waals surface area (Å²) < 4.78 is 5.97. The summed E-state index contributed by atoms with van der Waals surface area (Å²) in [7, 11) is 0. The van der Waals surface area contributed by atoms with Gasteiger partial charge in [0.15, 0.2) is 0 Å². The predicted octanol–water partition coefficient (Wildman–Crippen LogP) is 1.98. The van der Waals surface area contributed by atoms with Crippen molar-refractivity contribution in [3.8, 4) is 0 Å². The van der Waals surface area contributed by atoms with Crippen molar-refractivity contribution in [1.82, 2.24) is 9.88 Å². The molecular weight excluding hydrogens is 330 g/mol. The van der Waals surface area contributed by atoms with Gasteiger partial charge in [-0.15, -0.1) is 0 Å². The van der Waals surface area contributed by atoms with E-state index in [4.69, 9.17) is 4.74 Å². The van der Waals surface area contributed by atoms with Crippen molar-refractivity contribution in [2.45, 2.75) is 12.5 Å². The van der Waals surface area contributed by atoms with Crippen LogP contribution < -0.4 is 4.90 Å². The van der Waals surface area contributed by atoms with E-state index < -0.39 is 0 Å². The SMILES string of the molecule is O=C(c1ccccn1)N1CC[C@H]2C(=O)N(c3ccccc3)CCO[C@H]2C1. The Kier molecular flexibility index (Phi) is 4.67. The Hall–Kier alpha value is -2.73. The Balaban J connectivity index is 1.49. The van der Waals surface area contributed by atoms with Crippen LogP contribution in [0.15, 0.2) is 54.7 Å². The number of carbonyl (C=O) groups is 2. The maximum Gasteiger partial charge on any atom is 0.272 e. The van der Waals surface area contributed by atoms with Gasteiger partial charge in [-0.3, -0.25) is 14.6 Å². The highest BCUT2D eigenvalue weighted by Crippen LogP contribution is 2.28. The lowest BCUT2D eigenvalue weighted by Crippen LogP contribution is -2.51. The number of aromatic nitrogens is 1. The van der Waals surface area contributed by atoms with E-state index in [1.54, 1.807) is 34.2 Å². The lowest BCUT2D eigenvalue weighted by atomic mass is 9.92. The van der Waals surface area contributed by atoms with Crippen molar-refractivity contribution in [2.24, 2.45) is 5.92 Å². The molecule has 6 nitrogen and oxygen atoms in total. The number of benzene rings is 1. The molecule has 0 saturated carbocycles. The zero-order valence-electron chi connectivity index (χ0n) is 14.5. The normalized spacial score (nSPS) is 23.3. The quantitative estimate of drug-likeness (QED) is 0.830. The van der Waals surface area contributed by atoms with Crippen LogP contribution in [0, 0.1) is 5.92 Å². The summed E-state index contributed by atoms with van der Waals surface area (Å²) >= 11 is 0. The molecule has 2 atom stereocenters. The third-order valence-electron chi connectivity index (χ3n) is 5.03. The highest BCUT2D eigenvalue weighted by molar-refractivity contribution is 5.96. The van der Waals surface area contributed by atoms with Gasteiger partial charge in [0.05, 0.1) is 18.6 Å². The molecule has 1 aromatic heterocycles. The molecule has 134 valence electrons. The van der Waals surface area contributed by atoms with Crippen LogP contribution in [0.25, 0.3) is 0 Å². The number of hydrogen-bond donors (Lipinski definition) is 0. The Bertz CT molecular complexity index is 781. The largest absolute Gasteiger partial charge is 0.374 e. The molecule has 26 heavy (non-hydrogen) atoms. The number of rotatable bonds is 2. The molecule has 1 aromatic carbocycles. The van der Waals surface area contributed by atoms with Crippen molar-refractivity contribution in [3.63, 3.8) is 0 Å². The minimum Gasteiger partial charge on any atom is -0.374 e. The van der Waals surface area contributed by atoms with Gasteiger partial charge in [-0.2, -0.15) is 0 Å². The molecule has 0 spiro atoms. The van der Waals surface area contributed by atoms with Crippen LogP contribution in [0.1, 0.15) is 16.9 Å². The summed E-state index contributed by atoms with van der Waals surface area (Å²) in [5, 5.41) is 0. The van der Waals surface area contributed by atoms with Gasteiger partial charge in [0, 0.05) is 31.5 Å². The van der Waals surface area contributed by atoms with Crippen molar-refractivity contribution < 1.29 is 14.3 Å². The number of anilines is 1. The molecule has 4 rings (SSSR count). The van der Waals surface area contributed by atoms with Crippen LogP contribution in [0.3, 0.4) is 0 Å². The molecular formula is C20H21N3O3. The van der Waals surface area contributed by atoms with E-state index >= 15 is 0 Å². The molecule has 2 amide bonds. The van der Waals surface area contributed by atoms with Gasteiger partial charge in [0.1, 0.15) is 5.69 Å². The fourth-order valence-corrected chi connectivity index (χ4v) is 3.67. The van der Waals surface area contributed by atoms with Crippen LogP contribution in [0.2, 0.25) is 0 Å². The number of piperidine rings is 1. The average molecular weight is 351 g/mol. The van der Waals surface area contributed by atoms with Gasteiger partial charge >= 0.3 is 0 Å². The maximum atomic E-state index is 13.1. The number of likely N-dealkylation sites (tertiary alicyclic amines) is 1. The molecule has 3 heterocycles. The Morgan fingerprint density at radius 3 is 2.65 bits per heavy atom. The molecule has 2 aromatic rings. The molecule has 2 fully saturated rings. The second kappa shape index (κ2) is 7.25. The summed E-state index contributed by atoms with van der Waals surface area (Å²) in [6, 6.07) is 15.0. The average Bonchev–Trinajstić information content (AvgIpc) is 2.87. The van der Waals surface area contributed by atoms with Crippen molar-refractivity contribution in [3.05, 3.63) is 60.4 Å². The molecule has 0 aliphatic carbocycles. The van der Waals surface area contributed by atoms with E-state index in [9.17, 15) is 9.59 Å². The number of carbonyl (C=O) groups excluding carboxylic acids is 2. The topological polar surface area (TPSA) is 62.7 Å². The number of ether oxygens (including phenoxy) is 1. The summed E-state index contributed by atoms with van der Waals surface area (Å²) in [5.74, 6) is -0.238. The minimum atomic E-state index is -0.266. The van der Waals surface area contributed by atoms with Crippen molar-refractivity contribution >= 4 is 17.5 Å². The number of hydrogen-bond acceptors (Lipinski definition) is 4. The Morgan fingerprint density at radius 1 is 1.08 bits per heavy atom. The monoisotopic (exact) mass is 351 g/mol. The summed E-state index contributed by atoms with van der Waals surface area (Å²) in [6.07, 6.45) is 1.95. The standard InChI is InChI=1S/C20H21N3O3/c24-19-16-9-11-22(20(25)17-8-4-5-10-21-17)14-18(16)26-13-12-23(19)15-6-2-1-3-7-15/h1-8,10,16,18H,9,11-14H2/t16-,18+/m1/s1. The molecule has 0 unspecified atom stereocenters. The van der Waals surface area contributed by atoms with Crippen LogP contribution in [-0.2, 0) is 9.53 Å². The Labute approximate surface area is 152 Å². The number of amides is 2. The minimum absolute atomic E-state index is 0.0867. The molecule has 2 aliphatic heterocycles. The second-order valence-electron chi connectivity index (χ2n) is 6.60. The van der Waals surface area contributed by atoms with Crippen LogP contribution in [0.5, 0.6) is 0 Å². The number of pyridine rings is 1. The third kappa shape index (κ3) is 3.20. The van der Waals surface area contributed by atoms with Crippen LogP contribution in [0.4, 0.5) is 5.69 Å². The number of nitrogens with zero attached hydrogens (tertiary/aromatic N) is 3. The van der Waals surface area contributed by atoms with Crippen LogP contribution in [-0.4, -0.2) is 54.0 Å². The van der Waals surface area contributed by atoms with Gasteiger partial charge in [-0.05, 0) is 30.7 Å². The summed E-state index contributed by atoms with van der Waals surface area (Å²) in [5.41, 5.74) is 1.32. The first-order valence-corrected chi connectivity index (χ1v) is 8.92. The smallest absolute Gasteiger partial charge is 0.272 e. The van der Waals surface area contributed by atoms with Gasteiger partial charge in [0.25, 0.3) is 5.91 Å². The summed E-state index contributed by atoms with van der Waals surface area (Å²) in [4.78, 5) is 33.4. The highest BCUT2D eigenvalue weighted by Gasteiger charge is 2.41. The number of para-hydroxylation sites is 1. The van der Waals surface area contributed by atoms with E-state index in [0.717, 1.165) is 5.69 Å². The molecule has 0 bridgehead atoms. The first-order valence-electron chi connectivity index (χ1n) is 8.92. The first-order chi connectivity index (χ1) is 12.7. The maximum absolute atomic E-state index is 13.1. The molecule has 0 radical (unpaired) electrons. The van der Waals surface area contributed by atoms with E-state index in [0.29, 0.717) is 38.4 Å². The van der Waals surface area contributed by atoms with Gasteiger partial charge in [-0.1, -0.05) is 24.3 Å². The van der Waals surface area contributed by atoms with Gasteiger partial charge in [0.2, 0.25) is 5.91 Å². The zero-order valence-corrected chi connectivity index (χ0v) is 14.5. The van der Waals surface area contributed by atoms with Crippen molar-refractivity contribution in [1.29, 1.82) is 0 Å². The van der Waals surface area contributed by atoms with Crippen LogP contribution >= 0.6 is 0 Å². The van der Waals surface area contributed by atoms with E-state index in [-0.39, 0.29) is 23.8 Å². The highest BCUT2D eigenvalue weighted by atomic mass is 16.5. The zero-order chi connectivity index (χ0) is 17.9. The van der Waals surface area contributed by atoms with E-state index in [1.807, 2.05) is 30.3 Å². The molecule has 2 aliphatic rings. The lowest BCUT2D eigenvalue weighted by molar-refractivity contribution is -0.127. The van der Waals surface area contributed by atoms with Gasteiger partial charge < -0.3 is 14.5 Å². The van der Waals surface area contributed by atoms with E-state index in [2.05, 4.69) is 4.98 Å². The fourth-order valence-electron chi connectivity index (χ4n) is 3.67. The second-order valence-corrected chi connectivity index (χ2v) is 6.60. The van der Waals surface area contributed by atoms with Gasteiger partial charge in [-0.25, -0.2) is 0 Å². The van der Waals surface area contributed by atoms with E-state index in [1.165, 1.54) is 0 Å². The lowest BCUT2D eigenvalue weighted by Gasteiger charge is -2.37. The predicted molar refractivity (Wildman–Crippen MR) is 96.8 cm³/mol. The number of fused-ring (bicyclic) bond motifs is 1. The molecule has 2 saturated heterocycles.